The lowest BCUT2D eigenvalue weighted by Crippen LogP contribution is -2.48. The number of aliphatic carboxylic acids is 1. The Kier molecular flexibility index (Phi) is 6.88. The van der Waals surface area contributed by atoms with Crippen molar-refractivity contribution in [1.82, 2.24) is 10.2 Å². The Morgan fingerprint density at radius 1 is 1.17 bits per heavy atom. The molecule has 23 heavy (non-hydrogen) atoms. The van der Waals surface area contributed by atoms with Crippen molar-refractivity contribution in [2.75, 3.05) is 19.6 Å². The Morgan fingerprint density at radius 3 is 2.70 bits per heavy atom. The molecular formula is C18H32N2O3. The molecule has 0 spiro atoms. The number of carbonyl (C=O) groups is 2. The molecule has 2 N–H and O–H groups in total. The van der Waals surface area contributed by atoms with Gasteiger partial charge in [0.25, 0.3) is 0 Å². The zero-order valence-corrected chi connectivity index (χ0v) is 14.6. The van der Waals surface area contributed by atoms with E-state index in [1.807, 2.05) is 0 Å². The summed E-state index contributed by atoms with van der Waals surface area (Å²) in [6, 6.07) is 0.318. The molecule has 1 aliphatic carbocycles. The quantitative estimate of drug-likeness (QED) is 0.787. The molecule has 5 heteroatoms. The van der Waals surface area contributed by atoms with E-state index in [1.54, 1.807) is 0 Å². The molecular weight excluding hydrogens is 292 g/mol. The first-order valence-electron chi connectivity index (χ1n) is 9.19. The molecule has 0 bridgehead atoms. The average Bonchev–Trinajstić information content (AvgIpc) is 2.50. The highest BCUT2D eigenvalue weighted by Crippen LogP contribution is 2.29. The van der Waals surface area contributed by atoms with Crippen LogP contribution in [0, 0.1) is 17.8 Å². The summed E-state index contributed by atoms with van der Waals surface area (Å²) >= 11 is 0. The van der Waals surface area contributed by atoms with E-state index in [0.29, 0.717) is 30.3 Å². The van der Waals surface area contributed by atoms with Crippen molar-refractivity contribution in [2.24, 2.45) is 17.8 Å². The van der Waals surface area contributed by atoms with Gasteiger partial charge in [0, 0.05) is 19.0 Å². The number of carbonyl (C=O) groups excluding carboxylic acids is 1. The summed E-state index contributed by atoms with van der Waals surface area (Å²) in [6.45, 7) is 6.80. The fraction of sp³-hybridized carbons (Fsp3) is 0.889. The largest absolute Gasteiger partial charge is 0.481 e. The van der Waals surface area contributed by atoms with E-state index < -0.39 is 5.97 Å². The fourth-order valence-electron chi connectivity index (χ4n) is 4.10. The van der Waals surface area contributed by atoms with Gasteiger partial charge in [-0.15, -0.1) is 0 Å². The SMILES string of the molecule is CC1CCCC(NC(=O)CN2CCCC(CCC(=O)O)C2)C1C. The van der Waals surface area contributed by atoms with Crippen molar-refractivity contribution in [3.8, 4) is 0 Å². The summed E-state index contributed by atoms with van der Waals surface area (Å²) in [4.78, 5) is 25.3. The Hall–Kier alpha value is -1.10. The summed E-state index contributed by atoms with van der Waals surface area (Å²) in [5, 5.41) is 12.0. The molecule has 4 unspecified atom stereocenters. The Bertz CT molecular complexity index is 413. The number of carboxylic acids is 1. The molecule has 5 nitrogen and oxygen atoms in total. The Morgan fingerprint density at radius 2 is 1.96 bits per heavy atom. The molecule has 1 saturated heterocycles. The molecule has 4 atom stereocenters. The van der Waals surface area contributed by atoms with Crippen molar-refractivity contribution < 1.29 is 14.7 Å². The number of nitrogens with one attached hydrogen (secondary N) is 1. The number of amides is 1. The number of rotatable bonds is 6. The van der Waals surface area contributed by atoms with Gasteiger partial charge in [-0.3, -0.25) is 14.5 Å². The van der Waals surface area contributed by atoms with Crippen LogP contribution in [0.2, 0.25) is 0 Å². The molecule has 2 fully saturated rings. The molecule has 0 aromatic rings. The zero-order chi connectivity index (χ0) is 16.8. The van der Waals surface area contributed by atoms with Gasteiger partial charge >= 0.3 is 5.97 Å². The lowest BCUT2D eigenvalue weighted by Gasteiger charge is -2.36. The third kappa shape index (κ3) is 5.79. The predicted molar refractivity (Wildman–Crippen MR) is 90.1 cm³/mol. The first-order chi connectivity index (χ1) is 11.0. The second-order valence-corrected chi connectivity index (χ2v) is 7.62. The molecule has 0 aromatic carbocycles. The molecule has 2 rings (SSSR count). The number of likely N-dealkylation sites (tertiary alicyclic amines) is 1. The van der Waals surface area contributed by atoms with Gasteiger partial charge in [0.15, 0.2) is 0 Å². The molecule has 0 radical (unpaired) electrons. The van der Waals surface area contributed by atoms with Crippen LogP contribution in [-0.4, -0.2) is 47.6 Å². The third-order valence-corrected chi connectivity index (χ3v) is 5.79. The molecule has 1 saturated carbocycles. The minimum atomic E-state index is -0.722. The number of nitrogens with zero attached hydrogens (tertiary/aromatic N) is 1. The molecule has 2 aliphatic rings. The monoisotopic (exact) mass is 324 g/mol. The molecule has 0 aromatic heterocycles. The van der Waals surface area contributed by atoms with Gasteiger partial charge in [-0.2, -0.15) is 0 Å². The minimum absolute atomic E-state index is 0.134. The molecule has 1 amide bonds. The van der Waals surface area contributed by atoms with E-state index in [0.717, 1.165) is 38.8 Å². The van der Waals surface area contributed by atoms with Crippen LogP contribution in [0.3, 0.4) is 0 Å². The lowest BCUT2D eigenvalue weighted by molar-refractivity contribution is -0.137. The van der Waals surface area contributed by atoms with E-state index in [4.69, 9.17) is 5.11 Å². The average molecular weight is 324 g/mol. The lowest BCUT2D eigenvalue weighted by atomic mass is 9.78. The molecule has 132 valence electrons. The summed E-state index contributed by atoms with van der Waals surface area (Å²) in [5.41, 5.74) is 0. The standard InChI is InChI=1S/C18H32N2O3/c1-13-5-3-7-16(14(13)2)19-17(21)12-20-10-4-6-15(11-20)8-9-18(22)23/h13-16H,3-12H2,1-2H3,(H,19,21)(H,22,23). The van der Waals surface area contributed by atoms with Gasteiger partial charge in [-0.1, -0.05) is 26.7 Å². The Balaban J connectivity index is 1.74. The van der Waals surface area contributed by atoms with Crippen molar-refractivity contribution >= 4 is 11.9 Å². The van der Waals surface area contributed by atoms with Gasteiger partial charge in [0.2, 0.25) is 5.91 Å². The van der Waals surface area contributed by atoms with Crippen LogP contribution in [0.5, 0.6) is 0 Å². The summed E-state index contributed by atoms with van der Waals surface area (Å²) in [5.74, 6) is 1.07. The number of hydrogen-bond donors (Lipinski definition) is 2. The summed E-state index contributed by atoms with van der Waals surface area (Å²) < 4.78 is 0. The maximum Gasteiger partial charge on any atom is 0.303 e. The van der Waals surface area contributed by atoms with Crippen molar-refractivity contribution in [3.63, 3.8) is 0 Å². The zero-order valence-electron chi connectivity index (χ0n) is 14.6. The minimum Gasteiger partial charge on any atom is -0.481 e. The van der Waals surface area contributed by atoms with E-state index in [2.05, 4.69) is 24.1 Å². The van der Waals surface area contributed by atoms with Crippen molar-refractivity contribution in [2.45, 2.75) is 64.8 Å². The van der Waals surface area contributed by atoms with E-state index in [9.17, 15) is 9.59 Å². The highest BCUT2D eigenvalue weighted by molar-refractivity contribution is 5.78. The first kappa shape index (κ1) is 18.2. The van der Waals surface area contributed by atoms with Gasteiger partial charge in [-0.25, -0.2) is 0 Å². The molecule has 1 aliphatic heterocycles. The van der Waals surface area contributed by atoms with Gasteiger partial charge in [0.1, 0.15) is 0 Å². The van der Waals surface area contributed by atoms with Crippen LogP contribution in [0.1, 0.15) is 58.8 Å². The topological polar surface area (TPSA) is 69.6 Å². The third-order valence-electron chi connectivity index (χ3n) is 5.79. The number of carboxylic acid groups (broad SMARTS) is 1. The maximum atomic E-state index is 12.4. The number of piperidine rings is 1. The van der Waals surface area contributed by atoms with Gasteiger partial charge in [-0.05, 0) is 50.0 Å². The van der Waals surface area contributed by atoms with Crippen LogP contribution in [0.15, 0.2) is 0 Å². The van der Waals surface area contributed by atoms with Crippen LogP contribution >= 0.6 is 0 Å². The predicted octanol–water partition coefficient (Wildman–Crippen LogP) is 2.50. The summed E-state index contributed by atoms with van der Waals surface area (Å²) in [7, 11) is 0. The van der Waals surface area contributed by atoms with Crippen LogP contribution in [0.25, 0.3) is 0 Å². The maximum absolute atomic E-state index is 12.4. The first-order valence-corrected chi connectivity index (χ1v) is 9.19. The van der Waals surface area contributed by atoms with Crippen LogP contribution in [0.4, 0.5) is 0 Å². The Labute approximate surface area is 139 Å². The second-order valence-electron chi connectivity index (χ2n) is 7.62. The van der Waals surface area contributed by atoms with E-state index >= 15 is 0 Å². The van der Waals surface area contributed by atoms with Crippen LogP contribution < -0.4 is 5.32 Å². The van der Waals surface area contributed by atoms with E-state index in [1.165, 1.54) is 12.8 Å². The van der Waals surface area contributed by atoms with E-state index in [-0.39, 0.29) is 12.3 Å². The smallest absolute Gasteiger partial charge is 0.303 e. The van der Waals surface area contributed by atoms with Crippen molar-refractivity contribution in [3.05, 3.63) is 0 Å². The highest BCUT2D eigenvalue weighted by Gasteiger charge is 2.29. The van der Waals surface area contributed by atoms with Gasteiger partial charge < -0.3 is 10.4 Å². The summed E-state index contributed by atoms with van der Waals surface area (Å²) in [6.07, 6.45) is 6.69. The van der Waals surface area contributed by atoms with Crippen molar-refractivity contribution in [1.29, 1.82) is 0 Å². The highest BCUT2D eigenvalue weighted by atomic mass is 16.4. The molecule has 1 heterocycles. The normalized spacial score (nSPS) is 32.4. The van der Waals surface area contributed by atoms with Gasteiger partial charge in [0.05, 0.1) is 6.54 Å². The number of hydrogen-bond acceptors (Lipinski definition) is 3. The fourth-order valence-corrected chi connectivity index (χ4v) is 4.10. The second kappa shape index (κ2) is 8.67. The van der Waals surface area contributed by atoms with Crippen LogP contribution in [-0.2, 0) is 9.59 Å².